The number of rotatable bonds is 3. The Morgan fingerprint density at radius 1 is 1.10 bits per heavy atom. The number of aromatic nitrogens is 1. The lowest BCUT2D eigenvalue weighted by Gasteiger charge is -2.11. The van der Waals surface area contributed by atoms with Crippen LogP contribution in [-0.4, -0.2) is 4.98 Å². The van der Waals surface area contributed by atoms with Crippen LogP contribution >= 0.6 is 0 Å². The summed E-state index contributed by atoms with van der Waals surface area (Å²) < 4.78 is 51.3. The molecule has 0 spiro atoms. The molecule has 2 nitrogen and oxygen atoms in total. The van der Waals surface area contributed by atoms with Gasteiger partial charge in [-0.1, -0.05) is 12.1 Å². The zero-order valence-corrected chi connectivity index (χ0v) is 11.6. The second-order valence-corrected chi connectivity index (χ2v) is 4.82. The number of hydrogen-bond acceptors (Lipinski definition) is 2. The summed E-state index contributed by atoms with van der Waals surface area (Å²) in [6.07, 6.45) is -3.30. The van der Waals surface area contributed by atoms with Crippen molar-refractivity contribution in [2.24, 2.45) is 0 Å². The maximum atomic E-state index is 13.5. The summed E-state index contributed by atoms with van der Waals surface area (Å²) >= 11 is 0. The minimum atomic E-state index is -4.40. The van der Waals surface area contributed by atoms with Crippen molar-refractivity contribution in [3.63, 3.8) is 0 Å². The van der Waals surface area contributed by atoms with Gasteiger partial charge in [-0.25, -0.2) is 9.37 Å². The topological polar surface area (TPSA) is 24.9 Å². The molecule has 1 aromatic carbocycles. The molecule has 0 aliphatic carbocycles. The number of pyridine rings is 1. The van der Waals surface area contributed by atoms with Crippen molar-refractivity contribution < 1.29 is 17.6 Å². The standard InChI is InChI=1S/C15H14F4N2/c1-9-5-11(6-10(2)14(9)16)8-21-13-7-12(3-4-20-13)15(17,18)19/h3-7H,8H2,1-2H3,(H,20,21). The fraction of sp³-hybridized carbons (Fsp3) is 0.267. The van der Waals surface area contributed by atoms with Crippen LogP contribution in [0.25, 0.3) is 0 Å². The van der Waals surface area contributed by atoms with Crippen molar-refractivity contribution in [1.82, 2.24) is 4.98 Å². The molecule has 6 heteroatoms. The number of benzene rings is 1. The van der Waals surface area contributed by atoms with E-state index in [0.29, 0.717) is 11.1 Å². The fourth-order valence-corrected chi connectivity index (χ4v) is 2.03. The van der Waals surface area contributed by atoms with Gasteiger partial charge in [0.2, 0.25) is 0 Å². The highest BCUT2D eigenvalue weighted by molar-refractivity contribution is 5.40. The lowest BCUT2D eigenvalue weighted by Crippen LogP contribution is -2.08. The number of nitrogens with zero attached hydrogens (tertiary/aromatic N) is 1. The van der Waals surface area contributed by atoms with Crippen molar-refractivity contribution in [2.45, 2.75) is 26.6 Å². The van der Waals surface area contributed by atoms with Gasteiger partial charge in [0.15, 0.2) is 0 Å². The quantitative estimate of drug-likeness (QED) is 0.846. The van der Waals surface area contributed by atoms with Gasteiger partial charge < -0.3 is 5.32 Å². The van der Waals surface area contributed by atoms with Gasteiger partial charge in [-0.2, -0.15) is 13.2 Å². The maximum Gasteiger partial charge on any atom is 0.416 e. The van der Waals surface area contributed by atoms with Crippen LogP contribution in [0.2, 0.25) is 0 Å². The number of hydrogen-bond donors (Lipinski definition) is 1. The van der Waals surface area contributed by atoms with Crippen molar-refractivity contribution in [3.05, 3.63) is 58.5 Å². The van der Waals surface area contributed by atoms with Gasteiger partial charge in [0.1, 0.15) is 11.6 Å². The molecule has 0 aliphatic heterocycles. The van der Waals surface area contributed by atoms with E-state index in [2.05, 4.69) is 10.3 Å². The number of aryl methyl sites for hydroxylation is 2. The molecule has 0 unspecified atom stereocenters. The summed E-state index contributed by atoms with van der Waals surface area (Å²) in [5.74, 6) is -0.139. The molecule has 21 heavy (non-hydrogen) atoms. The Hall–Kier alpha value is -2.11. The molecule has 1 N–H and O–H groups in total. The highest BCUT2D eigenvalue weighted by Crippen LogP contribution is 2.30. The van der Waals surface area contributed by atoms with Crippen molar-refractivity contribution in [2.75, 3.05) is 5.32 Å². The van der Waals surface area contributed by atoms with Crippen LogP contribution in [0.5, 0.6) is 0 Å². The summed E-state index contributed by atoms with van der Waals surface area (Å²) in [6, 6.07) is 5.17. The zero-order chi connectivity index (χ0) is 15.6. The Labute approximate surface area is 119 Å². The third-order valence-corrected chi connectivity index (χ3v) is 3.06. The van der Waals surface area contributed by atoms with E-state index in [1.807, 2.05) is 0 Å². The van der Waals surface area contributed by atoms with E-state index >= 15 is 0 Å². The largest absolute Gasteiger partial charge is 0.416 e. The second-order valence-electron chi connectivity index (χ2n) is 4.82. The van der Waals surface area contributed by atoms with Crippen LogP contribution in [-0.2, 0) is 12.7 Å². The Morgan fingerprint density at radius 2 is 1.71 bits per heavy atom. The second kappa shape index (κ2) is 5.71. The summed E-state index contributed by atoms with van der Waals surface area (Å²) in [5.41, 5.74) is 1.03. The summed E-state index contributed by atoms with van der Waals surface area (Å²) in [4.78, 5) is 3.85. The van der Waals surface area contributed by atoms with Crippen molar-refractivity contribution >= 4 is 5.82 Å². The lowest BCUT2D eigenvalue weighted by atomic mass is 10.1. The smallest absolute Gasteiger partial charge is 0.366 e. The summed E-state index contributed by atoms with van der Waals surface area (Å²) in [6.45, 7) is 3.57. The van der Waals surface area contributed by atoms with Gasteiger partial charge in [-0.15, -0.1) is 0 Å². The van der Waals surface area contributed by atoms with E-state index in [1.54, 1.807) is 26.0 Å². The third-order valence-electron chi connectivity index (χ3n) is 3.06. The summed E-state index contributed by atoms with van der Waals surface area (Å²) in [5, 5.41) is 2.81. The molecule has 0 saturated carbocycles. The molecule has 2 aromatic rings. The highest BCUT2D eigenvalue weighted by Gasteiger charge is 2.30. The summed E-state index contributed by atoms with van der Waals surface area (Å²) in [7, 11) is 0. The first-order valence-electron chi connectivity index (χ1n) is 6.30. The Bertz CT molecular complexity index is 627. The number of halogens is 4. The molecule has 0 amide bonds. The van der Waals surface area contributed by atoms with Crippen LogP contribution in [0, 0.1) is 19.7 Å². The van der Waals surface area contributed by atoms with Gasteiger partial charge in [0, 0.05) is 12.7 Å². The number of nitrogens with one attached hydrogen (secondary N) is 1. The molecule has 0 aliphatic rings. The molecule has 0 bridgehead atoms. The third kappa shape index (κ3) is 3.71. The van der Waals surface area contributed by atoms with E-state index in [0.717, 1.165) is 23.9 Å². The van der Waals surface area contributed by atoms with Crippen LogP contribution in [0.4, 0.5) is 23.4 Å². The van der Waals surface area contributed by atoms with Gasteiger partial charge >= 0.3 is 6.18 Å². The van der Waals surface area contributed by atoms with Crippen LogP contribution in [0.3, 0.4) is 0 Å². The molecule has 112 valence electrons. The lowest BCUT2D eigenvalue weighted by molar-refractivity contribution is -0.137. The van der Waals surface area contributed by atoms with Gasteiger partial charge in [-0.3, -0.25) is 0 Å². The molecule has 2 rings (SSSR count). The maximum absolute atomic E-state index is 13.5. The highest BCUT2D eigenvalue weighted by atomic mass is 19.4. The van der Waals surface area contributed by atoms with E-state index in [9.17, 15) is 17.6 Å². The average Bonchev–Trinajstić information content (AvgIpc) is 2.42. The van der Waals surface area contributed by atoms with Crippen LogP contribution in [0.1, 0.15) is 22.3 Å². The van der Waals surface area contributed by atoms with E-state index < -0.39 is 11.7 Å². The minimum absolute atomic E-state index is 0.129. The van der Waals surface area contributed by atoms with Crippen LogP contribution < -0.4 is 5.32 Å². The zero-order valence-electron chi connectivity index (χ0n) is 11.6. The monoisotopic (exact) mass is 298 g/mol. The first-order chi connectivity index (χ1) is 9.77. The van der Waals surface area contributed by atoms with E-state index in [-0.39, 0.29) is 18.2 Å². The molecule has 0 radical (unpaired) electrons. The van der Waals surface area contributed by atoms with Gasteiger partial charge in [0.05, 0.1) is 5.56 Å². The van der Waals surface area contributed by atoms with Crippen LogP contribution in [0.15, 0.2) is 30.5 Å². The number of alkyl halides is 3. The fourth-order valence-electron chi connectivity index (χ4n) is 2.03. The molecule has 0 fully saturated rings. The Kier molecular flexibility index (Phi) is 4.16. The molecule has 0 atom stereocenters. The first-order valence-corrected chi connectivity index (χ1v) is 6.30. The van der Waals surface area contributed by atoms with Crippen molar-refractivity contribution in [1.29, 1.82) is 0 Å². The Morgan fingerprint density at radius 3 is 2.29 bits per heavy atom. The molecule has 0 saturated heterocycles. The van der Waals surface area contributed by atoms with Gasteiger partial charge in [-0.05, 0) is 42.7 Å². The van der Waals surface area contributed by atoms with Crippen molar-refractivity contribution in [3.8, 4) is 0 Å². The first kappa shape index (κ1) is 15.3. The SMILES string of the molecule is Cc1cc(CNc2cc(C(F)(F)F)ccn2)cc(C)c1F. The van der Waals surface area contributed by atoms with E-state index in [1.165, 1.54) is 0 Å². The molecule has 1 aromatic heterocycles. The molecular formula is C15H14F4N2. The normalized spacial score (nSPS) is 11.5. The Balaban J connectivity index is 2.14. The molecule has 1 heterocycles. The molecular weight excluding hydrogens is 284 g/mol. The average molecular weight is 298 g/mol. The van der Waals surface area contributed by atoms with Gasteiger partial charge in [0.25, 0.3) is 0 Å². The number of anilines is 1. The predicted molar refractivity (Wildman–Crippen MR) is 72.4 cm³/mol. The minimum Gasteiger partial charge on any atom is -0.366 e. The van der Waals surface area contributed by atoms with E-state index in [4.69, 9.17) is 0 Å². The predicted octanol–water partition coefficient (Wildman–Crippen LogP) is 4.47.